The minimum atomic E-state index is -0.155. The zero-order valence-electron chi connectivity index (χ0n) is 15.2. The lowest BCUT2D eigenvalue weighted by atomic mass is 9.96. The lowest BCUT2D eigenvalue weighted by molar-refractivity contribution is -0.126. The van der Waals surface area contributed by atoms with Crippen LogP contribution in [0.1, 0.15) is 43.5 Å². The maximum atomic E-state index is 12.7. The van der Waals surface area contributed by atoms with Crippen molar-refractivity contribution in [1.82, 2.24) is 10.2 Å². The summed E-state index contributed by atoms with van der Waals surface area (Å²) in [6.07, 6.45) is 2.72. The quantitative estimate of drug-likeness (QED) is 0.787. The highest BCUT2D eigenvalue weighted by atomic mass is 16.5. The van der Waals surface area contributed by atoms with Crippen molar-refractivity contribution in [2.75, 3.05) is 26.2 Å². The maximum absolute atomic E-state index is 12.7. The molecule has 138 valence electrons. The molecule has 0 bridgehead atoms. The Morgan fingerprint density at radius 1 is 1.36 bits per heavy atom. The Morgan fingerprint density at radius 3 is 2.72 bits per heavy atom. The van der Waals surface area contributed by atoms with E-state index in [4.69, 9.17) is 10.5 Å². The second-order valence-electron chi connectivity index (χ2n) is 6.53. The highest BCUT2D eigenvalue weighted by Gasteiger charge is 2.28. The predicted octanol–water partition coefficient (Wildman–Crippen LogP) is 1.79. The molecule has 0 saturated carbocycles. The molecule has 1 aliphatic heterocycles. The van der Waals surface area contributed by atoms with Crippen LogP contribution in [0.15, 0.2) is 24.3 Å². The summed E-state index contributed by atoms with van der Waals surface area (Å²) in [5, 5.41) is 2.81. The lowest BCUT2D eigenvalue weighted by Gasteiger charge is -2.32. The molecule has 2 atom stereocenters. The van der Waals surface area contributed by atoms with Crippen LogP contribution in [-0.2, 0) is 4.79 Å². The molecule has 1 fully saturated rings. The zero-order chi connectivity index (χ0) is 18.2. The van der Waals surface area contributed by atoms with Crippen LogP contribution >= 0.6 is 0 Å². The average Bonchev–Trinajstić information content (AvgIpc) is 2.66. The van der Waals surface area contributed by atoms with Gasteiger partial charge in [0, 0.05) is 31.7 Å². The summed E-state index contributed by atoms with van der Waals surface area (Å²) in [5.74, 6) is 0.563. The van der Waals surface area contributed by atoms with Gasteiger partial charge in [0.05, 0.1) is 12.0 Å². The van der Waals surface area contributed by atoms with Crippen molar-refractivity contribution >= 4 is 11.8 Å². The van der Waals surface area contributed by atoms with Crippen molar-refractivity contribution in [3.05, 3.63) is 29.8 Å². The molecule has 3 N–H and O–H groups in total. The number of hydrogen-bond acceptors (Lipinski definition) is 4. The van der Waals surface area contributed by atoms with E-state index in [0.717, 1.165) is 25.0 Å². The van der Waals surface area contributed by atoms with Crippen LogP contribution in [-0.4, -0.2) is 49.0 Å². The van der Waals surface area contributed by atoms with E-state index in [9.17, 15) is 9.59 Å². The predicted molar refractivity (Wildman–Crippen MR) is 97.5 cm³/mol. The van der Waals surface area contributed by atoms with Gasteiger partial charge in [-0.05, 0) is 50.5 Å². The second-order valence-corrected chi connectivity index (χ2v) is 6.53. The van der Waals surface area contributed by atoms with Gasteiger partial charge in [0.15, 0.2) is 0 Å². The fourth-order valence-corrected chi connectivity index (χ4v) is 2.89. The summed E-state index contributed by atoms with van der Waals surface area (Å²) in [7, 11) is 0. The van der Waals surface area contributed by atoms with Gasteiger partial charge < -0.3 is 20.7 Å². The number of piperidine rings is 1. The molecule has 0 radical (unpaired) electrons. The summed E-state index contributed by atoms with van der Waals surface area (Å²) >= 11 is 0. The Morgan fingerprint density at radius 2 is 2.08 bits per heavy atom. The third-order valence-electron chi connectivity index (χ3n) is 4.54. The number of rotatable bonds is 7. The number of amides is 2. The Bertz CT molecular complexity index is 574. The average molecular weight is 347 g/mol. The van der Waals surface area contributed by atoms with Gasteiger partial charge in [-0.3, -0.25) is 9.59 Å². The van der Waals surface area contributed by atoms with Crippen LogP contribution in [0, 0.1) is 5.92 Å². The van der Waals surface area contributed by atoms with Crippen molar-refractivity contribution in [2.45, 2.75) is 39.2 Å². The number of carbonyl (C=O) groups excluding carboxylic acids is 2. The van der Waals surface area contributed by atoms with Gasteiger partial charge in [-0.2, -0.15) is 0 Å². The number of carbonyl (C=O) groups is 2. The fourth-order valence-electron chi connectivity index (χ4n) is 2.89. The normalized spacial score (nSPS) is 18.5. The van der Waals surface area contributed by atoms with Gasteiger partial charge in [-0.1, -0.05) is 6.92 Å². The third-order valence-corrected chi connectivity index (χ3v) is 4.54. The number of hydrogen-bond donors (Lipinski definition) is 2. The molecular weight excluding hydrogens is 318 g/mol. The molecule has 2 unspecified atom stereocenters. The van der Waals surface area contributed by atoms with Crippen LogP contribution in [0.25, 0.3) is 0 Å². The van der Waals surface area contributed by atoms with Crippen molar-refractivity contribution in [1.29, 1.82) is 0 Å². The van der Waals surface area contributed by atoms with Crippen LogP contribution in [0.4, 0.5) is 0 Å². The molecule has 25 heavy (non-hydrogen) atoms. The van der Waals surface area contributed by atoms with Crippen LogP contribution < -0.4 is 15.8 Å². The molecule has 6 nitrogen and oxygen atoms in total. The highest BCUT2D eigenvalue weighted by molar-refractivity contribution is 5.94. The first kappa shape index (κ1) is 19.2. The molecule has 0 aliphatic carbocycles. The molecule has 1 aliphatic rings. The largest absolute Gasteiger partial charge is 0.491 e. The number of nitrogens with one attached hydrogen (secondary N) is 1. The summed E-state index contributed by atoms with van der Waals surface area (Å²) in [5.41, 5.74) is 6.04. The first-order valence-electron chi connectivity index (χ1n) is 9.09. The molecular formula is C19H29N3O3. The molecule has 1 heterocycles. The summed E-state index contributed by atoms with van der Waals surface area (Å²) in [4.78, 5) is 26.6. The van der Waals surface area contributed by atoms with Crippen molar-refractivity contribution in [3.8, 4) is 5.75 Å². The first-order valence-corrected chi connectivity index (χ1v) is 9.09. The van der Waals surface area contributed by atoms with Gasteiger partial charge in [0.1, 0.15) is 5.75 Å². The fraction of sp³-hybridized carbons (Fsp3) is 0.579. The van der Waals surface area contributed by atoms with E-state index in [-0.39, 0.29) is 23.8 Å². The standard InChI is InChI=1S/C19H29N3O3/c1-3-14(2)25-17-8-6-15(7-9-17)19(24)22-12-4-5-16(13-22)18(23)21-11-10-20/h6-9,14,16H,3-5,10-13,20H2,1-2H3,(H,21,23). The van der Waals surface area contributed by atoms with Gasteiger partial charge in [0.2, 0.25) is 5.91 Å². The highest BCUT2D eigenvalue weighted by Crippen LogP contribution is 2.21. The molecule has 0 spiro atoms. The molecule has 1 aromatic carbocycles. The van der Waals surface area contributed by atoms with E-state index in [1.807, 2.05) is 19.1 Å². The molecule has 2 rings (SSSR count). The van der Waals surface area contributed by atoms with Gasteiger partial charge in [-0.15, -0.1) is 0 Å². The van der Waals surface area contributed by atoms with Crippen LogP contribution in [0.5, 0.6) is 5.75 Å². The van der Waals surface area contributed by atoms with Crippen LogP contribution in [0.2, 0.25) is 0 Å². The van der Waals surface area contributed by atoms with Gasteiger partial charge in [-0.25, -0.2) is 0 Å². The van der Waals surface area contributed by atoms with E-state index in [1.54, 1.807) is 17.0 Å². The monoisotopic (exact) mass is 347 g/mol. The molecule has 1 saturated heterocycles. The summed E-state index contributed by atoms with van der Waals surface area (Å²) < 4.78 is 5.74. The smallest absolute Gasteiger partial charge is 0.253 e. The SMILES string of the molecule is CCC(C)Oc1ccc(C(=O)N2CCCC(C(=O)NCCN)C2)cc1. The van der Waals surface area contributed by atoms with Gasteiger partial charge >= 0.3 is 0 Å². The second kappa shape index (κ2) is 9.42. The summed E-state index contributed by atoms with van der Waals surface area (Å²) in [6, 6.07) is 7.24. The number of ether oxygens (including phenoxy) is 1. The molecule has 1 aromatic rings. The Balaban J connectivity index is 1.96. The van der Waals surface area contributed by atoms with E-state index < -0.39 is 0 Å². The number of nitrogens with two attached hydrogens (primary N) is 1. The van der Waals surface area contributed by atoms with Crippen molar-refractivity contribution in [2.24, 2.45) is 11.7 Å². The molecule has 0 aromatic heterocycles. The first-order chi connectivity index (χ1) is 12.0. The number of likely N-dealkylation sites (tertiary alicyclic amines) is 1. The Labute approximate surface area is 149 Å². The number of benzene rings is 1. The van der Waals surface area contributed by atoms with Crippen molar-refractivity contribution in [3.63, 3.8) is 0 Å². The van der Waals surface area contributed by atoms with E-state index in [1.165, 1.54) is 0 Å². The lowest BCUT2D eigenvalue weighted by Crippen LogP contribution is -2.46. The maximum Gasteiger partial charge on any atom is 0.253 e. The van der Waals surface area contributed by atoms with Crippen molar-refractivity contribution < 1.29 is 14.3 Å². The Hall–Kier alpha value is -2.08. The minimum Gasteiger partial charge on any atom is -0.491 e. The van der Waals surface area contributed by atoms with Crippen LogP contribution in [0.3, 0.4) is 0 Å². The van der Waals surface area contributed by atoms with Gasteiger partial charge in [0.25, 0.3) is 5.91 Å². The topological polar surface area (TPSA) is 84.7 Å². The third kappa shape index (κ3) is 5.46. The zero-order valence-corrected chi connectivity index (χ0v) is 15.2. The Kier molecular flexibility index (Phi) is 7.25. The molecule has 6 heteroatoms. The van der Waals surface area contributed by atoms with E-state index in [0.29, 0.717) is 31.7 Å². The number of nitrogens with zero attached hydrogens (tertiary/aromatic N) is 1. The van der Waals surface area contributed by atoms with E-state index in [2.05, 4.69) is 12.2 Å². The minimum absolute atomic E-state index is 0.0137. The molecule has 2 amide bonds. The van der Waals surface area contributed by atoms with E-state index >= 15 is 0 Å². The summed E-state index contributed by atoms with van der Waals surface area (Å²) in [6.45, 7) is 6.12.